The molecular weight excluding hydrogens is 416 g/mol. The zero-order chi connectivity index (χ0) is 22.2. The van der Waals surface area contributed by atoms with Gasteiger partial charge in [0.25, 0.3) is 5.91 Å². The predicted octanol–water partition coefficient (Wildman–Crippen LogP) is 3.73. The molecule has 0 aliphatic heterocycles. The van der Waals surface area contributed by atoms with Crippen molar-refractivity contribution >= 4 is 33.4 Å². The van der Waals surface area contributed by atoms with Gasteiger partial charge in [-0.25, -0.2) is 0 Å². The first kappa shape index (κ1) is 22.6. The molecule has 0 bridgehead atoms. The highest BCUT2D eigenvalue weighted by molar-refractivity contribution is 7.16. The number of rotatable bonds is 9. The molecule has 1 amide bonds. The fourth-order valence-electron chi connectivity index (χ4n) is 3.07. The van der Waals surface area contributed by atoms with Crippen LogP contribution in [0.5, 0.6) is 11.5 Å². The standard InChI is InChI=1S/C23H26N2O5S/c1-4-28-17-9-7-16(8-10-17)13-21(26)24-23-25(15-22(27)30-6-3)19-12-11-18(29-5-2)14-20(19)31-23/h7-12,14H,4-6,13,15H2,1-3H3. The van der Waals surface area contributed by atoms with Gasteiger partial charge in [-0.3, -0.25) is 9.59 Å². The van der Waals surface area contributed by atoms with Gasteiger partial charge in [0.2, 0.25) is 0 Å². The number of carbonyl (C=O) groups excluding carboxylic acids is 2. The Morgan fingerprint density at radius 1 is 0.935 bits per heavy atom. The van der Waals surface area contributed by atoms with Gasteiger partial charge < -0.3 is 18.8 Å². The lowest BCUT2D eigenvalue weighted by molar-refractivity contribution is -0.143. The van der Waals surface area contributed by atoms with Crippen molar-refractivity contribution < 1.29 is 23.8 Å². The van der Waals surface area contributed by atoms with E-state index in [-0.39, 0.29) is 24.8 Å². The Kier molecular flexibility index (Phi) is 7.83. The average molecular weight is 443 g/mol. The van der Waals surface area contributed by atoms with Crippen LogP contribution in [0.2, 0.25) is 0 Å². The minimum atomic E-state index is -0.378. The van der Waals surface area contributed by atoms with Crippen LogP contribution in [0, 0.1) is 0 Å². The maximum absolute atomic E-state index is 12.7. The van der Waals surface area contributed by atoms with Crippen LogP contribution in [-0.2, 0) is 27.3 Å². The van der Waals surface area contributed by atoms with Crippen molar-refractivity contribution in [2.75, 3.05) is 19.8 Å². The number of nitrogens with zero attached hydrogens (tertiary/aromatic N) is 2. The molecule has 0 unspecified atom stereocenters. The van der Waals surface area contributed by atoms with Gasteiger partial charge in [-0.05, 0) is 56.7 Å². The first-order valence-corrected chi connectivity index (χ1v) is 11.1. The SMILES string of the molecule is CCOC(=O)Cn1c(=NC(=O)Cc2ccc(OCC)cc2)sc2cc(OCC)ccc21. The monoisotopic (exact) mass is 442 g/mol. The highest BCUT2D eigenvalue weighted by atomic mass is 32.1. The van der Waals surface area contributed by atoms with E-state index in [1.807, 2.05) is 56.3 Å². The molecular formula is C23H26N2O5S. The molecule has 0 spiro atoms. The van der Waals surface area contributed by atoms with Gasteiger partial charge in [-0.1, -0.05) is 23.5 Å². The maximum Gasteiger partial charge on any atom is 0.326 e. The molecule has 0 saturated carbocycles. The number of thiazole rings is 1. The lowest BCUT2D eigenvalue weighted by Crippen LogP contribution is -2.23. The maximum atomic E-state index is 12.7. The van der Waals surface area contributed by atoms with Crippen LogP contribution in [0.25, 0.3) is 10.2 Å². The van der Waals surface area contributed by atoms with Crippen LogP contribution < -0.4 is 14.3 Å². The Morgan fingerprint density at radius 2 is 1.61 bits per heavy atom. The molecule has 2 aromatic carbocycles. The van der Waals surface area contributed by atoms with E-state index in [9.17, 15) is 9.59 Å². The molecule has 164 valence electrons. The molecule has 8 heteroatoms. The minimum Gasteiger partial charge on any atom is -0.494 e. The van der Waals surface area contributed by atoms with E-state index in [1.165, 1.54) is 11.3 Å². The second-order valence-corrected chi connectivity index (χ2v) is 7.61. The van der Waals surface area contributed by atoms with Crippen LogP contribution in [-0.4, -0.2) is 36.3 Å². The Bertz CT molecular complexity index is 1120. The van der Waals surface area contributed by atoms with Gasteiger partial charge in [-0.2, -0.15) is 4.99 Å². The summed E-state index contributed by atoms with van der Waals surface area (Å²) in [6.45, 7) is 7.01. The van der Waals surface area contributed by atoms with E-state index in [1.54, 1.807) is 11.5 Å². The summed E-state index contributed by atoms with van der Waals surface area (Å²) in [5.74, 6) is 0.819. The number of fused-ring (bicyclic) bond motifs is 1. The highest BCUT2D eigenvalue weighted by Gasteiger charge is 2.13. The van der Waals surface area contributed by atoms with E-state index in [2.05, 4.69) is 4.99 Å². The van der Waals surface area contributed by atoms with E-state index < -0.39 is 0 Å². The highest BCUT2D eigenvalue weighted by Crippen LogP contribution is 2.23. The summed E-state index contributed by atoms with van der Waals surface area (Å²) in [5, 5.41) is 0. The number of benzene rings is 2. The molecule has 0 aliphatic rings. The van der Waals surface area contributed by atoms with Crippen LogP contribution >= 0.6 is 11.3 Å². The normalized spacial score (nSPS) is 11.5. The number of esters is 1. The van der Waals surface area contributed by atoms with Crippen LogP contribution in [0.15, 0.2) is 47.5 Å². The Hall–Kier alpha value is -3.13. The third-order valence-electron chi connectivity index (χ3n) is 4.37. The molecule has 1 heterocycles. The summed E-state index contributed by atoms with van der Waals surface area (Å²) in [6, 6.07) is 13.0. The second-order valence-electron chi connectivity index (χ2n) is 6.60. The van der Waals surface area contributed by atoms with E-state index in [4.69, 9.17) is 14.2 Å². The molecule has 0 atom stereocenters. The number of carbonyl (C=O) groups is 2. The molecule has 31 heavy (non-hydrogen) atoms. The Labute approximate surface area is 184 Å². The molecule has 3 rings (SSSR count). The summed E-state index contributed by atoms with van der Waals surface area (Å²) >= 11 is 1.34. The first-order chi connectivity index (χ1) is 15.0. The lowest BCUT2D eigenvalue weighted by atomic mass is 10.1. The first-order valence-electron chi connectivity index (χ1n) is 10.2. The number of ether oxygens (including phenoxy) is 3. The van der Waals surface area contributed by atoms with Crippen molar-refractivity contribution in [3.8, 4) is 11.5 Å². The Balaban J connectivity index is 1.92. The zero-order valence-electron chi connectivity index (χ0n) is 17.9. The predicted molar refractivity (Wildman–Crippen MR) is 120 cm³/mol. The number of aromatic nitrogens is 1. The number of amides is 1. The third-order valence-corrected chi connectivity index (χ3v) is 5.41. The summed E-state index contributed by atoms with van der Waals surface area (Å²) in [5.41, 5.74) is 1.64. The van der Waals surface area contributed by atoms with Gasteiger partial charge >= 0.3 is 5.97 Å². The fourth-order valence-corrected chi connectivity index (χ4v) is 4.15. The van der Waals surface area contributed by atoms with Gasteiger partial charge in [0.05, 0.1) is 36.5 Å². The molecule has 3 aromatic rings. The average Bonchev–Trinajstić information content (AvgIpc) is 3.06. The van der Waals surface area contributed by atoms with E-state index in [0.717, 1.165) is 27.3 Å². The second kappa shape index (κ2) is 10.8. The lowest BCUT2D eigenvalue weighted by Gasteiger charge is -2.06. The molecule has 0 radical (unpaired) electrons. The fraction of sp³-hybridized carbons (Fsp3) is 0.348. The topological polar surface area (TPSA) is 79.1 Å². The summed E-state index contributed by atoms with van der Waals surface area (Å²) in [7, 11) is 0. The van der Waals surface area contributed by atoms with Crippen LogP contribution in [0.1, 0.15) is 26.3 Å². The van der Waals surface area contributed by atoms with E-state index in [0.29, 0.717) is 24.6 Å². The van der Waals surface area contributed by atoms with Gasteiger partial charge in [0, 0.05) is 0 Å². The summed E-state index contributed by atoms with van der Waals surface area (Å²) in [6.07, 6.45) is 0.157. The van der Waals surface area contributed by atoms with Crippen LogP contribution in [0.4, 0.5) is 0 Å². The van der Waals surface area contributed by atoms with Crippen molar-refractivity contribution in [3.63, 3.8) is 0 Å². The number of hydrogen-bond acceptors (Lipinski definition) is 6. The minimum absolute atomic E-state index is 0.0169. The molecule has 0 saturated heterocycles. The van der Waals surface area contributed by atoms with Crippen molar-refractivity contribution in [1.82, 2.24) is 4.57 Å². The van der Waals surface area contributed by atoms with Crippen molar-refractivity contribution in [2.45, 2.75) is 33.7 Å². The molecule has 7 nitrogen and oxygen atoms in total. The van der Waals surface area contributed by atoms with Crippen molar-refractivity contribution in [3.05, 3.63) is 52.8 Å². The molecule has 0 N–H and O–H groups in total. The van der Waals surface area contributed by atoms with Crippen molar-refractivity contribution in [1.29, 1.82) is 0 Å². The number of hydrogen-bond donors (Lipinski definition) is 0. The van der Waals surface area contributed by atoms with Gasteiger partial charge in [0.15, 0.2) is 4.80 Å². The quantitative estimate of drug-likeness (QED) is 0.472. The molecule has 0 fully saturated rings. The third kappa shape index (κ3) is 5.95. The molecule has 1 aromatic heterocycles. The molecule has 0 aliphatic carbocycles. The largest absolute Gasteiger partial charge is 0.494 e. The van der Waals surface area contributed by atoms with Gasteiger partial charge in [-0.15, -0.1) is 0 Å². The van der Waals surface area contributed by atoms with Gasteiger partial charge in [0.1, 0.15) is 18.0 Å². The summed E-state index contributed by atoms with van der Waals surface area (Å²) in [4.78, 5) is 29.5. The zero-order valence-corrected chi connectivity index (χ0v) is 18.7. The smallest absolute Gasteiger partial charge is 0.326 e. The van der Waals surface area contributed by atoms with E-state index >= 15 is 0 Å². The van der Waals surface area contributed by atoms with Crippen LogP contribution in [0.3, 0.4) is 0 Å². The summed E-state index contributed by atoms with van der Waals surface area (Å²) < 4.78 is 18.7. The Morgan fingerprint density at radius 3 is 2.29 bits per heavy atom. The van der Waals surface area contributed by atoms with Crippen molar-refractivity contribution in [2.24, 2.45) is 4.99 Å².